The van der Waals surface area contributed by atoms with E-state index >= 15 is 0 Å². The van der Waals surface area contributed by atoms with Gasteiger partial charge in [0.2, 0.25) is 11.8 Å². The molecule has 0 radical (unpaired) electrons. The third-order valence-electron chi connectivity index (χ3n) is 3.63. The van der Waals surface area contributed by atoms with E-state index in [0.717, 1.165) is 11.1 Å². The van der Waals surface area contributed by atoms with Crippen molar-refractivity contribution in [2.75, 3.05) is 26.1 Å². The maximum absolute atomic E-state index is 5.87. The molecule has 3 heterocycles. The molecule has 0 aliphatic heterocycles. The maximum atomic E-state index is 5.87. The zero-order valence-corrected chi connectivity index (χ0v) is 16.6. The second-order valence-electron chi connectivity index (χ2n) is 5.42. The number of hydrogen-bond acceptors (Lipinski definition) is 8. The van der Waals surface area contributed by atoms with Gasteiger partial charge in [-0.2, -0.15) is 16.3 Å². The van der Waals surface area contributed by atoms with Crippen LogP contribution in [0.15, 0.2) is 40.3 Å². The Morgan fingerprint density at radius 3 is 2.67 bits per heavy atom. The van der Waals surface area contributed by atoms with Gasteiger partial charge in [0, 0.05) is 29.5 Å². The number of rotatable bonds is 7. The third-order valence-corrected chi connectivity index (χ3v) is 4.46. The number of aromatic nitrogens is 4. The van der Waals surface area contributed by atoms with Gasteiger partial charge in [0.1, 0.15) is 0 Å². The highest BCUT2D eigenvalue weighted by atomic mass is 35.5. The number of thiophene rings is 1. The van der Waals surface area contributed by atoms with E-state index in [4.69, 9.17) is 21.1 Å². The van der Waals surface area contributed by atoms with Crippen LogP contribution in [0.3, 0.4) is 0 Å². The van der Waals surface area contributed by atoms with Crippen LogP contribution in [0.1, 0.15) is 6.92 Å². The molecule has 0 aliphatic rings. The number of nitrogens with zero attached hydrogens (tertiary/aromatic N) is 4. The summed E-state index contributed by atoms with van der Waals surface area (Å²) in [6.07, 6.45) is 5.25. The van der Waals surface area contributed by atoms with Gasteiger partial charge in [0.15, 0.2) is 0 Å². The molecular weight excluding hydrogens is 386 g/mol. The van der Waals surface area contributed by atoms with Crippen molar-refractivity contribution in [1.29, 1.82) is 0 Å². The van der Waals surface area contributed by atoms with Gasteiger partial charge in [-0.15, -0.1) is 0 Å². The Bertz CT molecular complexity index is 943. The third kappa shape index (κ3) is 4.53. The van der Waals surface area contributed by atoms with Crippen molar-refractivity contribution in [3.8, 4) is 34.3 Å². The molecule has 3 rings (SSSR count). The number of ether oxygens (including phenoxy) is 2. The highest BCUT2D eigenvalue weighted by molar-refractivity contribution is 7.08. The molecule has 0 aromatic carbocycles. The first-order chi connectivity index (χ1) is 13.1. The van der Waals surface area contributed by atoms with E-state index in [1.165, 1.54) is 7.11 Å². The molecule has 27 heavy (non-hydrogen) atoms. The summed E-state index contributed by atoms with van der Waals surface area (Å²) in [6, 6.07) is 2.24. The summed E-state index contributed by atoms with van der Waals surface area (Å²) in [7, 11) is 3.05. The molecule has 9 heteroatoms. The fourth-order valence-corrected chi connectivity index (χ4v) is 3.08. The van der Waals surface area contributed by atoms with E-state index in [-0.39, 0.29) is 6.01 Å². The van der Waals surface area contributed by atoms with Crippen LogP contribution in [0, 0.1) is 0 Å². The molecule has 7 nitrogen and oxygen atoms in total. The maximum Gasteiger partial charge on any atom is 0.319 e. The topological polar surface area (TPSA) is 82.1 Å². The monoisotopic (exact) mass is 403 g/mol. The highest BCUT2D eigenvalue weighted by Crippen LogP contribution is 2.36. The van der Waals surface area contributed by atoms with Crippen LogP contribution >= 0.6 is 22.9 Å². The largest absolute Gasteiger partial charge is 0.480 e. The Balaban J connectivity index is 2.09. The fourth-order valence-electron chi connectivity index (χ4n) is 2.35. The van der Waals surface area contributed by atoms with Gasteiger partial charge in [-0.3, -0.25) is 0 Å². The molecule has 0 bridgehead atoms. The van der Waals surface area contributed by atoms with Crippen LogP contribution in [0.4, 0.5) is 5.95 Å². The lowest BCUT2D eigenvalue weighted by molar-refractivity contribution is 0.353. The fraction of sp³-hybridized carbons (Fsp3) is 0.222. The predicted octanol–water partition coefficient (Wildman–Crippen LogP) is 4.23. The molecule has 0 saturated heterocycles. The summed E-state index contributed by atoms with van der Waals surface area (Å²) in [4.78, 5) is 17.5. The lowest BCUT2D eigenvalue weighted by Crippen LogP contribution is -2.06. The van der Waals surface area contributed by atoms with E-state index in [1.807, 2.05) is 29.8 Å². The van der Waals surface area contributed by atoms with E-state index in [9.17, 15) is 0 Å². The van der Waals surface area contributed by atoms with Crippen molar-refractivity contribution in [1.82, 2.24) is 19.9 Å². The molecule has 0 spiro atoms. The van der Waals surface area contributed by atoms with Gasteiger partial charge in [0.25, 0.3) is 0 Å². The molecule has 3 aromatic heterocycles. The normalized spacial score (nSPS) is 11.3. The van der Waals surface area contributed by atoms with Crippen molar-refractivity contribution in [2.24, 2.45) is 0 Å². The molecule has 1 N–H and O–H groups in total. The van der Waals surface area contributed by atoms with E-state index in [1.54, 1.807) is 30.8 Å². The van der Waals surface area contributed by atoms with Gasteiger partial charge in [0.05, 0.1) is 25.5 Å². The number of nitrogens with one attached hydrogen (secondary N) is 1. The summed E-state index contributed by atoms with van der Waals surface area (Å²) in [6.45, 7) is 2.33. The molecule has 0 atom stereocenters. The van der Waals surface area contributed by atoms with Gasteiger partial charge in [-0.1, -0.05) is 17.7 Å². The minimum atomic E-state index is 0.225. The van der Waals surface area contributed by atoms with Crippen molar-refractivity contribution in [2.45, 2.75) is 6.92 Å². The first kappa shape index (κ1) is 19.1. The van der Waals surface area contributed by atoms with Gasteiger partial charge in [-0.25, -0.2) is 15.0 Å². The predicted molar refractivity (Wildman–Crippen MR) is 108 cm³/mol. The second-order valence-corrected chi connectivity index (χ2v) is 6.80. The number of hydrogen-bond donors (Lipinski definition) is 1. The molecule has 140 valence electrons. The molecule has 3 aromatic rings. The number of allylic oxidation sites excluding steroid dienone is 1. The van der Waals surface area contributed by atoms with Crippen molar-refractivity contribution in [3.63, 3.8) is 0 Å². The molecular formula is C18H18ClN5O2S. The molecule has 0 saturated carbocycles. The summed E-state index contributed by atoms with van der Waals surface area (Å²) >= 11 is 7.47. The Morgan fingerprint density at radius 2 is 2.00 bits per heavy atom. The van der Waals surface area contributed by atoms with E-state index in [0.29, 0.717) is 34.7 Å². The Morgan fingerprint density at radius 1 is 1.19 bits per heavy atom. The highest BCUT2D eigenvalue weighted by Gasteiger charge is 2.18. The molecule has 0 fully saturated rings. The Labute approximate surface area is 166 Å². The average Bonchev–Trinajstić information content (AvgIpc) is 3.21. The zero-order chi connectivity index (χ0) is 19.2. The van der Waals surface area contributed by atoms with Crippen LogP contribution in [-0.2, 0) is 0 Å². The van der Waals surface area contributed by atoms with Crippen LogP contribution in [0.25, 0.3) is 22.4 Å². The van der Waals surface area contributed by atoms with Crippen molar-refractivity contribution >= 4 is 28.9 Å². The average molecular weight is 404 g/mol. The Kier molecular flexibility index (Phi) is 6.20. The van der Waals surface area contributed by atoms with E-state index in [2.05, 4.69) is 25.3 Å². The van der Waals surface area contributed by atoms with Crippen LogP contribution in [0.5, 0.6) is 11.9 Å². The second kappa shape index (κ2) is 8.79. The SMILES string of the molecule is COc1ncc(-c2nc(NCC=C(C)Cl)ncc2-c2ccsc2)c(OC)n1. The number of halogens is 1. The van der Waals surface area contributed by atoms with Crippen LogP contribution in [0.2, 0.25) is 0 Å². The smallest absolute Gasteiger partial charge is 0.319 e. The summed E-state index contributed by atoms with van der Waals surface area (Å²) in [5, 5.41) is 7.86. The zero-order valence-electron chi connectivity index (χ0n) is 15.1. The number of anilines is 1. The minimum absolute atomic E-state index is 0.225. The Hall–Kier alpha value is -2.71. The quantitative estimate of drug-likeness (QED) is 0.631. The number of methoxy groups -OCH3 is 2. The minimum Gasteiger partial charge on any atom is -0.480 e. The van der Waals surface area contributed by atoms with Gasteiger partial charge in [-0.05, 0) is 29.3 Å². The van der Waals surface area contributed by atoms with Gasteiger partial charge >= 0.3 is 6.01 Å². The lowest BCUT2D eigenvalue weighted by Gasteiger charge is -2.12. The van der Waals surface area contributed by atoms with Gasteiger partial charge < -0.3 is 14.8 Å². The summed E-state index contributed by atoms with van der Waals surface area (Å²) < 4.78 is 10.5. The standard InChI is InChI=1S/C18H18ClN5O2S/c1-11(19)4-6-20-17-21-8-13(12-5-7-27-10-12)15(23-17)14-9-22-18(26-3)24-16(14)25-2/h4-5,7-10H,6H2,1-3H3,(H,20,21,23). The first-order valence-corrected chi connectivity index (χ1v) is 9.35. The lowest BCUT2D eigenvalue weighted by atomic mass is 10.1. The summed E-state index contributed by atoms with van der Waals surface area (Å²) in [5.74, 6) is 0.843. The molecule has 0 amide bonds. The molecule has 0 aliphatic carbocycles. The van der Waals surface area contributed by atoms with Crippen LogP contribution < -0.4 is 14.8 Å². The van der Waals surface area contributed by atoms with Crippen molar-refractivity contribution < 1.29 is 9.47 Å². The van der Waals surface area contributed by atoms with Crippen molar-refractivity contribution in [3.05, 3.63) is 40.3 Å². The van der Waals surface area contributed by atoms with E-state index < -0.39 is 0 Å². The molecule has 0 unspecified atom stereocenters. The first-order valence-electron chi connectivity index (χ1n) is 8.03. The summed E-state index contributed by atoms with van der Waals surface area (Å²) in [5.41, 5.74) is 3.18. The van der Waals surface area contributed by atoms with Crippen LogP contribution in [-0.4, -0.2) is 40.7 Å².